The van der Waals surface area contributed by atoms with Gasteiger partial charge in [0.1, 0.15) is 0 Å². The van der Waals surface area contributed by atoms with Crippen molar-refractivity contribution >= 4 is 5.91 Å². The molecule has 1 aliphatic carbocycles. The predicted octanol–water partition coefficient (Wildman–Crippen LogP) is 2.58. The third-order valence-electron chi connectivity index (χ3n) is 5.48. The molecular weight excluding hydrogens is 312 g/mol. The van der Waals surface area contributed by atoms with Gasteiger partial charge in [-0.3, -0.25) is 9.48 Å². The lowest BCUT2D eigenvalue weighted by molar-refractivity contribution is -0.123. The summed E-state index contributed by atoms with van der Waals surface area (Å²) < 4.78 is 2.05. The molecule has 1 saturated carbocycles. The predicted molar refractivity (Wildman–Crippen MR) is 96.9 cm³/mol. The van der Waals surface area contributed by atoms with Crippen molar-refractivity contribution in [1.82, 2.24) is 20.4 Å². The van der Waals surface area contributed by atoms with E-state index in [2.05, 4.69) is 33.9 Å². The molecule has 1 atom stereocenters. The van der Waals surface area contributed by atoms with Gasteiger partial charge in [0.15, 0.2) is 0 Å². The number of fused-ring (bicyclic) bond motifs is 1. The molecule has 0 spiro atoms. The first-order valence-corrected chi connectivity index (χ1v) is 9.40. The third kappa shape index (κ3) is 3.61. The van der Waals surface area contributed by atoms with Gasteiger partial charge in [-0.05, 0) is 30.4 Å². The molecule has 2 aromatic rings. The number of carbonyl (C=O) groups is 1. The number of amides is 1. The molecule has 1 amide bonds. The van der Waals surface area contributed by atoms with Crippen molar-refractivity contribution in [2.75, 3.05) is 6.54 Å². The number of rotatable bonds is 5. The van der Waals surface area contributed by atoms with Gasteiger partial charge in [0.25, 0.3) is 0 Å². The van der Waals surface area contributed by atoms with Crippen molar-refractivity contribution in [3.05, 3.63) is 53.3 Å². The topological polar surface area (TPSA) is 59.0 Å². The second-order valence-corrected chi connectivity index (χ2v) is 7.18. The minimum Gasteiger partial charge on any atom is -0.350 e. The van der Waals surface area contributed by atoms with Gasteiger partial charge in [-0.1, -0.05) is 43.2 Å². The third-order valence-corrected chi connectivity index (χ3v) is 5.48. The molecule has 0 bridgehead atoms. The van der Waals surface area contributed by atoms with E-state index in [0.29, 0.717) is 12.5 Å². The van der Waals surface area contributed by atoms with E-state index in [-0.39, 0.29) is 11.8 Å². The highest BCUT2D eigenvalue weighted by atomic mass is 16.1. The molecule has 0 radical (unpaired) electrons. The van der Waals surface area contributed by atoms with E-state index in [1.54, 1.807) is 0 Å². The average Bonchev–Trinajstić information content (AvgIpc) is 3.30. The van der Waals surface area contributed by atoms with Crippen LogP contribution in [0.4, 0.5) is 0 Å². The highest BCUT2D eigenvalue weighted by Gasteiger charge is 2.31. The first-order valence-electron chi connectivity index (χ1n) is 9.40. The molecule has 1 aromatic carbocycles. The van der Waals surface area contributed by atoms with Crippen molar-refractivity contribution in [2.45, 2.75) is 51.2 Å². The molecule has 5 nitrogen and oxygen atoms in total. The summed E-state index contributed by atoms with van der Waals surface area (Å²) in [5.41, 5.74) is 3.29. The van der Waals surface area contributed by atoms with E-state index in [0.717, 1.165) is 43.7 Å². The molecule has 2 aliphatic rings. The summed E-state index contributed by atoms with van der Waals surface area (Å²) in [6, 6.07) is 12.3. The van der Waals surface area contributed by atoms with Crippen molar-refractivity contribution < 1.29 is 4.79 Å². The van der Waals surface area contributed by atoms with Crippen LogP contribution in [-0.2, 0) is 24.4 Å². The molecule has 1 fully saturated rings. The summed E-state index contributed by atoms with van der Waals surface area (Å²) in [5.74, 6) is 0.562. The van der Waals surface area contributed by atoms with Gasteiger partial charge in [0.2, 0.25) is 5.91 Å². The number of nitrogens with one attached hydrogen (secondary N) is 2. The Labute approximate surface area is 148 Å². The summed E-state index contributed by atoms with van der Waals surface area (Å²) in [6.07, 6.45) is 4.78. The lowest BCUT2D eigenvalue weighted by Crippen LogP contribution is -2.32. The van der Waals surface area contributed by atoms with Gasteiger partial charge in [-0.15, -0.1) is 0 Å². The second-order valence-electron chi connectivity index (χ2n) is 7.18. The number of benzene rings is 1. The maximum atomic E-state index is 13.0. The first kappa shape index (κ1) is 16.3. The zero-order valence-electron chi connectivity index (χ0n) is 14.6. The fourth-order valence-electron chi connectivity index (χ4n) is 4.22. The van der Waals surface area contributed by atoms with Crippen LogP contribution in [0.15, 0.2) is 36.4 Å². The number of aromatic nitrogens is 2. The van der Waals surface area contributed by atoms with Crippen molar-refractivity contribution in [3.63, 3.8) is 0 Å². The smallest absolute Gasteiger partial charge is 0.228 e. The van der Waals surface area contributed by atoms with Crippen LogP contribution < -0.4 is 10.6 Å². The molecule has 1 aliphatic heterocycles. The van der Waals surface area contributed by atoms with E-state index in [1.165, 1.54) is 18.5 Å². The molecule has 25 heavy (non-hydrogen) atoms. The monoisotopic (exact) mass is 338 g/mol. The zero-order chi connectivity index (χ0) is 17.1. The summed E-state index contributed by atoms with van der Waals surface area (Å²) in [5, 5.41) is 11.1. The van der Waals surface area contributed by atoms with Crippen LogP contribution in [0, 0.1) is 5.92 Å². The van der Waals surface area contributed by atoms with Crippen LogP contribution in [0.5, 0.6) is 0 Å². The zero-order valence-corrected chi connectivity index (χ0v) is 14.6. The van der Waals surface area contributed by atoms with Crippen LogP contribution >= 0.6 is 0 Å². The fraction of sp³-hybridized carbons (Fsp3) is 0.500. The quantitative estimate of drug-likeness (QED) is 0.881. The molecule has 2 N–H and O–H groups in total. The highest BCUT2D eigenvalue weighted by molar-refractivity contribution is 5.84. The van der Waals surface area contributed by atoms with Gasteiger partial charge >= 0.3 is 0 Å². The average molecular weight is 338 g/mol. The Morgan fingerprint density at radius 1 is 1.28 bits per heavy atom. The second kappa shape index (κ2) is 7.40. The highest BCUT2D eigenvalue weighted by Crippen LogP contribution is 2.37. The first-order chi connectivity index (χ1) is 12.3. The van der Waals surface area contributed by atoms with Crippen LogP contribution in [0.25, 0.3) is 0 Å². The number of hydrogen-bond donors (Lipinski definition) is 2. The van der Waals surface area contributed by atoms with E-state index < -0.39 is 0 Å². The van der Waals surface area contributed by atoms with Gasteiger partial charge in [0.05, 0.1) is 30.4 Å². The maximum Gasteiger partial charge on any atom is 0.228 e. The molecule has 1 unspecified atom stereocenters. The standard InChI is InChI=1S/C20H26N4O/c25-20(22-13-17-12-18-14-21-10-11-24(18)23-17)19(16-8-4-5-9-16)15-6-2-1-3-7-15/h1-3,6-7,12,16,19,21H,4-5,8-11,13-14H2,(H,22,25). The van der Waals surface area contributed by atoms with Crippen LogP contribution in [0.2, 0.25) is 0 Å². The van der Waals surface area contributed by atoms with Crippen molar-refractivity contribution in [3.8, 4) is 0 Å². The van der Waals surface area contributed by atoms with E-state index in [9.17, 15) is 4.79 Å². The van der Waals surface area contributed by atoms with Gasteiger partial charge in [0, 0.05) is 13.1 Å². The molecule has 4 rings (SSSR count). The summed E-state index contributed by atoms with van der Waals surface area (Å²) >= 11 is 0. The normalized spacial score (nSPS) is 18.7. The Kier molecular flexibility index (Phi) is 4.83. The van der Waals surface area contributed by atoms with Crippen LogP contribution in [0.1, 0.15) is 48.6 Å². The minimum absolute atomic E-state index is 0.0393. The molecular formula is C20H26N4O. The summed E-state index contributed by atoms with van der Waals surface area (Å²) in [4.78, 5) is 13.0. The lowest BCUT2D eigenvalue weighted by Gasteiger charge is -2.23. The lowest BCUT2D eigenvalue weighted by atomic mass is 9.84. The number of nitrogens with zero attached hydrogens (tertiary/aromatic N) is 2. The summed E-state index contributed by atoms with van der Waals surface area (Å²) in [7, 11) is 0. The molecule has 2 heterocycles. The maximum absolute atomic E-state index is 13.0. The van der Waals surface area contributed by atoms with E-state index in [4.69, 9.17) is 0 Å². The Morgan fingerprint density at radius 2 is 2.08 bits per heavy atom. The van der Waals surface area contributed by atoms with Crippen LogP contribution in [0.3, 0.4) is 0 Å². The van der Waals surface area contributed by atoms with Gasteiger partial charge in [-0.25, -0.2) is 0 Å². The molecule has 5 heteroatoms. The van der Waals surface area contributed by atoms with E-state index in [1.807, 2.05) is 22.9 Å². The molecule has 1 aromatic heterocycles. The van der Waals surface area contributed by atoms with Crippen molar-refractivity contribution in [1.29, 1.82) is 0 Å². The fourth-order valence-corrected chi connectivity index (χ4v) is 4.22. The van der Waals surface area contributed by atoms with Gasteiger partial charge < -0.3 is 10.6 Å². The Morgan fingerprint density at radius 3 is 2.84 bits per heavy atom. The Bertz CT molecular complexity index is 695. The van der Waals surface area contributed by atoms with E-state index >= 15 is 0 Å². The largest absolute Gasteiger partial charge is 0.350 e. The molecule has 0 saturated heterocycles. The summed E-state index contributed by atoms with van der Waals surface area (Å²) in [6.45, 7) is 3.22. The van der Waals surface area contributed by atoms with Crippen molar-refractivity contribution in [2.24, 2.45) is 5.92 Å². The number of hydrogen-bond acceptors (Lipinski definition) is 3. The molecule has 132 valence electrons. The SMILES string of the molecule is O=C(NCc1cc2n(n1)CCNC2)C(c1ccccc1)C1CCCC1. The Balaban J connectivity index is 1.46. The minimum atomic E-state index is -0.0393. The van der Waals surface area contributed by atoms with Crippen LogP contribution in [-0.4, -0.2) is 22.2 Å². The van der Waals surface area contributed by atoms with Gasteiger partial charge in [-0.2, -0.15) is 5.10 Å². The number of carbonyl (C=O) groups excluding carboxylic acids is 1. The Hall–Kier alpha value is -2.14.